The Bertz CT molecular complexity index is 222. The maximum absolute atomic E-state index is 10.2. The van der Waals surface area contributed by atoms with E-state index in [9.17, 15) is 13.2 Å². The van der Waals surface area contributed by atoms with Crippen molar-refractivity contribution < 1.29 is 43.0 Å². The third-order valence-electron chi connectivity index (χ3n) is 0.340. The zero-order chi connectivity index (χ0) is 8.36. The van der Waals surface area contributed by atoms with Crippen molar-refractivity contribution in [3.05, 3.63) is 0 Å². The summed E-state index contributed by atoms with van der Waals surface area (Å²) in [6, 6.07) is 0. The molecule has 0 aliphatic heterocycles. The Morgan fingerprint density at radius 3 is 1.91 bits per heavy atom. The van der Waals surface area contributed by atoms with Crippen molar-refractivity contribution in [1.29, 1.82) is 0 Å². The van der Waals surface area contributed by atoms with Gasteiger partial charge in [0, 0.05) is 21.1 Å². The van der Waals surface area contributed by atoms with E-state index in [-0.39, 0.29) is 24.8 Å². The second-order valence-electron chi connectivity index (χ2n) is 1.07. The molecule has 66 valence electrons. The van der Waals surface area contributed by atoms with Gasteiger partial charge < -0.3 is 4.18 Å². The van der Waals surface area contributed by atoms with Gasteiger partial charge in [0.25, 0.3) is 0 Å². The molecule has 0 heterocycles. The van der Waals surface area contributed by atoms with Gasteiger partial charge in [-0.15, -0.1) is 0 Å². The summed E-state index contributed by atoms with van der Waals surface area (Å²) in [7, 11) is -4.76. The van der Waals surface area contributed by atoms with E-state index >= 15 is 0 Å². The van der Waals surface area contributed by atoms with E-state index in [0.29, 0.717) is 0 Å². The molecule has 1 N–H and O–H groups in total. The summed E-state index contributed by atoms with van der Waals surface area (Å²) in [4.78, 5) is 10.2. The summed E-state index contributed by atoms with van der Waals surface area (Å²) in [5.74, 6) is 0. The minimum Gasteiger partial charge on any atom is -0.305 e. The molecule has 0 saturated carbocycles. The summed E-state index contributed by atoms with van der Waals surface area (Å²) in [5.41, 5.74) is 0. The van der Waals surface area contributed by atoms with Crippen LogP contribution in [0.2, 0.25) is 0 Å². The standard InChI is InChI=1S/CH3NO5S3.Mo/c3-1(2(8)9)7-10(4,5)6;/h8-9H,(H,4,5,6);. The number of nitrogens with zero attached hydrogens (tertiary/aromatic N) is 1. The Balaban J connectivity index is 0. The van der Waals surface area contributed by atoms with Crippen LogP contribution in [0.1, 0.15) is 0 Å². The molecule has 0 atom stereocenters. The van der Waals surface area contributed by atoms with Gasteiger partial charge in [-0.05, 0) is 25.6 Å². The van der Waals surface area contributed by atoms with Gasteiger partial charge in [-0.25, -0.2) is 4.79 Å². The van der Waals surface area contributed by atoms with Crippen molar-refractivity contribution in [1.82, 2.24) is 3.71 Å². The number of amides is 1. The van der Waals surface area contributed by atoms with Gasteiger partial charge >= 0.3 is 16.5 Å². The first-order valence-electron chi connectivity index (χ1n) is 1.71. The number of rotatable bonds is 1. The molecule has 0 fully saturated rings. The number of hydrogen-bond donors (Lipinski definition) is 3. The van der Waals surface area contributed by atoms with E-state index in [2.05, 4.69) is 29.8 Å². The molecule has 6 nitrogen and oxygen atoms in total. The first-order valence-corrected chi connectivity index (χ1v) is 3.88. The molecule has 0 aliphatic carbocycles. The second-order valence-corrected chi connectivity index (χ2v) is 3.20. The summed E-state index contributed by atoms with van der Waals surface area (Å²) in [6.45, 7) is 0. The van der Waals surface area contributed by atoms with E-state index < -0.39 is 16.5 Å². The van der Waals surface area contributed by atoms with Crippen LogP contribution >= 0.6 is 25.6 Å². The molecule has 0 rings (SSSR count). The van der Waals surface area contributed by atoms with Crippen LogP contribution < -0.4 is 0 Å². The van der Waals surface area contributed by atoms with Gasteiger partial charge in [0.05, 0.1) is 0 Å². The maximum Gasteiger partial charge on any atom is 0.450 e. The minimum absolute atomic E-state index is 0. The predicted molar refractivity (Wildman–Crippen MR) is 37.8 cm³/mol. The van der Waals surface area contributed by atoms with E-state index in [0.717, 1.165) is 0 Å². The monoisotopic (exact) mass is 303 g/mol. The van der Waals surface area contributed by atoms with Gasteiger partial charge in [0.1, 0.15) is 0 Å². The Morgan fingerprint density at radius 2 is 1.82 bits per heavy atom. The number of carbonyl (C=O) groups is 1. The molecular weight excluding hydrogens is 298 g/mol. The zero-order valence-electron chi connectivity index (χ0n) is 4.74. The van der Waals surface area contributed by atoms with Crippen molar-refractivity contribution in [3.8, 4) is 0 Å². The van der Waals surface area contributed by atoms with Crippen LogP contribution in [0.4, 0.5) is 4.79 Å². The van der Waals surface area contributed by atoms with Gasteiger partial charge in [-0.2, -0.15) is 12.1 Å². The molecule has 0 saturated heterocycles. The summed E-state index contributed by atoms with van der Waals surface area (Å²) >= 11 is 6.50. The molecule has 0 aromatic carbocycles. The molecule has 11 heavy (non-hydrogen) atoms. The van der Waals surface area contributed by atoms with Crippen molar-refractivity contribution in [2.24, 2.45) is 0 Å². The molecule has 0 unspecified atom stereocenters. The Morgan fingerprint density at radius 1 is 1.45 bits per heavy atom. The van der Waals surface area contributed by atoms with Crippen LogP contribution in [0.5, 0.6) is 0 Å². The third-order valence-corrected chi connectivity index (χ3v) is 1.02. The van der Waals surface area contributed by atoms with Crippen LogP contribution in [0.25, 0.3) is 0 Å². The molecular formula is CH3MoNO5S3. The molecule has 0 aromatic heterocycles. The van der Waals surface area contributed by atoms with Crippen LogP contribution in [-0.4, -0.2) is 22.8 Å². The van der Waals surface area contributed by atoms with Crippen molar-refractivity contribution in [3.63, 3.8) is 0 Å². The van der Waals surface area contributed by atoms with Crippen molar-refractivity contribution in [2.75, 3.05) is 0 Å². The number of carbonyl (C=O) groups excluding carboxylic acids is 1. The van der Waals surface area contributed by atoms with E-state index in [1.807, 2.05) is 0 Å². The van der Waals surface area contributed by atoms with Gasteiger partial charge in [-0.1, -0.05) is 0 Å². The number of thiol groups is 2. The van der Waals surface area contributed by atoms with Crippen LogP contribution in [-0.2, 0) is 35.6 Å². The summed E-state index contributed by atoms with van der Waals surface area (Å²) in [5, 5.41) is 0. The number of hydrogen-bond acceptors (Lipinski definition) is 6. The molecule has 10 heteroatoms. The largest absolute Gasteiger partial charge is 0.450 e. The Labute approximate surface area is 88.6 Å². The van der Waals surface area contributed by atoms with E-state index in [4.69, 9.17) is 4.55 Å². The van der Waals surface area contributed by atoms with Crippen LogP contribution in [0.15, 0.2) is 0 Å². The minimum atomic E-state index is -4.76. The van der Waals surface area contributed by atoms with Gasteiger partial charge in [0.15, 0.2) is 0 Å². The molecule has 0 spiro atoms. The quantitative estimate of drug-likeness (QED) is 0.358. The van der Waals surface area contributed by atoms with Crippen LogP contribution in [0, 0.1) is 0 Å². The fourth-order valence-electron chi connectivity index (χ4n) is 0.123. The van der Waals surface area contributed by atoms with Crippen molar-refractivity contribution in [2.45, 2.75) is 0 Å². The molecule has 0 radical (unpaired) electrons. The Hall–Kier alpha value is 0.568. The third kappa shape index (κ3) is 8.47. The zero-order valence-corrected chi connectivity index (χ0v) is 9.35. The smallest absolute Gasteiger partial charge is 0.305 e. The second kappa shape index (κ2) is 5.26. The summed E-state index contributed by atoms with van der Waals surface area (Å²) < 4.78 is 31.0. The average Bonchev–Trinajstić information content (AvgIpc) is 1.60. The Kier molecular flexibility index (Phi) is 6.74. The van der Waals surface area contributed by atoms with E-state index in [1.165, 1.54) is 0 Å². The van der Waals surface area contributed by atoms with Gasteiger partial charge in [-0.3, -0.25) is 4.55 Å². The SMILES string of the molecule is O=C(OS(=O)(=O)O)N(S)S.[Mo]. The normalized spacial score (nSPS) is 9.73. The van der Waals surface area contributed by atoms with Crippen molar-refractivity contribution >= 4 is 42.1 Å². The van der Waals surface area contributed by atoms with E-state index in [1.54, 1.807) is 0 Å². The molecule has 0 aromatic rings. The maximum atomic E-state index is 10.2. The topological polar surface area (TPSA) is 83.9 Å². The first-order chi connectivity index (χ1) is 4.33. The first kappa shape index (κ1) is 14.1. The fraction of sp³-hybridized carbons (Fsp3) is 0. The average molecular weight is 301 g/mol. The summed E-state index contributed by atoms with van der Waals surface area (Å²) in [6.07, 6.45) is -1.41. The molecule has 1 amide bonds. The fourth-order valence-corrected chi connectivity index (χ4v) is 0.570. The molecule has 0 aliphatic rings. The van der Waals surface area contributed by atoms with Gasteiger partial charge in [0.2, 0.25) is 0 Å². The predicted octanol–water partition coefficient (Wildman–Crippen LogP) is -0.0851. The van der Waals surface area contributed by atoms with Crippen LogP contribution in [0.3, 0.4) is 0 Å². The molecule has 0 bridgehead atoms.